The predicted molar refractivity (Wildman–Crippen MR) is 126 cm³/mol. The van der Waals surface area contributed by atoms with Crippen molar-refractivity contribution in [2.24, 2.45) is 4.99 Å². The number of benzene rings is 3. The highest BCUT2D eigenvalue weighted by molar-refractivity contribution is 7.22. The summed E-state index contributed by atoms with van der Waals surface area (Å²) in [7, 11) is 0. The van der Waals surface area contributed by atoms with Gasteiger partial charge in [-0.1, -0.05) is 65.4 Å². The van der Waals surface area contributed by atoms with Crippen molar-refractivity contribution in [2.45, 2.75) is 0 Å². The highest BCUT2D eigenvalue weighted by Gasteiger charge is 2.35. The van der Waals surface area contributed by atoms with Crippen LogP contribution >= 0.6 is 22.9 Å². The van der Waals surface area contributed by atoms with Crippen molar-refractivity contribution < 1.29 is 9.72 Å². The second-order valence-corrected chi connectivity index (χ2v) is 8.34. The summed E-state index contributed by atoms with van der Waals surface area (Å²) in [5, 5.41) is 12.4. The molecule has 4 aromatic rings. The monoisotopic (exact) mass is 460 g/mol. The van der Waals surface area contributed by atoms with Crippen LogP contribution in [0.4, 0.5) is 10.8 Å². The van der Waals surface area contributed by atoms with Crippen LogP contribution in [0, 0.1) is 10.1 Å². The van der Waals surface area contributed by atoms with Crippen LogP contribution in [0.2, 0.25) is 5.02 Å². The second-order valence-electron chi connectivity index (χ2n) is 6.90. The molecule has 2 heterocycles. The van der Waals surface area contributed by atoms with Gasteiger partial charge in [0.15, 0.2) is 5.13 Å². The van der Waals surface area contributed by atoms with Gasteiger partial charge in [-0.05, 0) is 30.3 Å². The van der Waals surface area contributed by atoms with Gasteiger partial charge in [-0.15, -0.1) is 0 Å². The lowest BCUT2D eigenvalue weighted by molar-refractivity contribution is -0.385. The average Bonchev–Trinajstić information content (AvgIpc) is 3.35. The molecule has 3 aromatic carbocycles. The van der Waals surface area contributed by atoms with Crippen LogP contribution in [0.1, 0.15) is 11.1 Å². The number of thiazole rings is 1. The number of anilines is 1. The average molecular weight is 461 g/mol. The Morgan fingerprint density at radius 3 is 2.56 bits per heavy atom. The molecule has 7 nitrogen and oxygen atoms in total. The predicted octanol–water partition coefficient (Wildman–Crippen LogP) is 5.69. The van der Waals surface area contributed by atoms with E-state index in [-0.39, 0.29) is 11.4 Å². The lowest BCUT2D eigenvalue weighted by Crippen LogP contribution is -2.32. The summed E-state index contributed by atoms with van der Waals surface area (Å²) in [5.74, 6) is -0.00209. The van der Waals surface area contributed by atoms with Gasteiger partial charge >= 0.3 is 0 Å². The summed E-state index contributed by atoms with van der Waals surface area (Å²) in [6, 6.07) is 20.8. The molecule has 0 atom stereocenters. The molecule has 0 saturated carbocycles. The third-order valence-corrected chi connectivity index (χ3v) is 6.10. The smallest absolute Gasteiger partial charge is 0.266 e. The number of fused-ring (bicyclic) bond motifs is 1. The SMILES string of the molecule is O=C1C(=Cc2ccccc2[N+](=O)[O-])N=C(c2ccccc2)N1c1nc2cc(Cl)ccc2s1. The number of amidine groups is 1. The van der Waals surface area contributed by atoms with Crippen molar-refractivity contribution in [3.63, 3.8) is 0 Å². The van der Waals surface area contributed by atoms with Crippen LogP contribution < -0.4 is 4.90 Å². The van der Waals surface area contributed by atoms with Gasteiger partial charge in [0.1, 0.15) is 11.5 Å². The van der Waals surface area contributed by atoms with E-state index >= 15 is 0 Å². The molecule has 1 aromatic heterocycles. The lowest BCUT2D eigenvalue weighted by atomic mass is 10.1. The zero-order chi connectivity index (χ0) is 22.2. The van der Waals surface area contributed by atoms with Gasteiger partial charge in [0.05, 0.1) is 20.7 Å². The molecule has 0 N–H and O–H groups in total. The number of aromatic nitrogens is 1. The molecular weight excluding hydrogens is 448 g/mol. The first-order valence-corrected chi connectivity index (χ1v) is 10.7. The number of rotatable bonds is 4. The third-order valence-electron chi connectivity index (χ3n) is 4.85. The van der Waals surface area contributed by atoms with Gasteiger partial charge in [0, 0.05) is 16.7 Å². The zero-order valence-electron chi connectivity index (χ0n) is 16.3. The van der Waals surface area contributed by atoms with Gasteiger partial charge in [-0.3, -0.25) is 14.9 Å². The highest BCUT2D eigenvalue weighted by Crippen LogP contribution is 2.35. The minimum absolute atomic E-state index is 0.0930. The molecule has 5 rings (SSSR count). The molecule has 9 heteroatoms. The lowest BCUT2D eigenvalue weighted by Gasteiger charge is -2.14. The van der Waals surface area contributed by atoms with Crippen LogP contribution in [-0.2, 0) is 4.79 Å². The first-order chi connectivity index (χ1) is 15.5. The van der Waals surface area contributed by atoms with Gasteiger partial charge < -0.3 is 0 Å². The molecule has 0 radical (unpaired) electrons. The fourth-order valence-electron chi connectivity index (χ4n) is 3.38. The minimum atomic E-state index is -0.483. The number of aliphatic imine (C=N–C) groups is 1. The summed E-state index contributed by atoms with van der Waals surface area (Å²) in [4.78, 5) is 34.9. The van der Waals surface area contributed by atoms with E-state index in [9.17, 15) is 14.9 Å². The molecule has 1 aliphatic heterocycles. The normalized spacial score (nSPS) is 14.9. The first-order valence-electron chi connectivity index (χ1n) is 9.51. The van der Waals surface area contributed by atoms with Crippen LogP contribution in [0.5, 0.6) is 0 Å². The fourth-order valence-corrected chi connectivity index (χ4v) is 4.50. The van der Waals surface area contributed by atoms with Gasteiger partial charge in [0.2, 0.25) is 0 Å². The minimum Gasteiger partial charge on any atom is -0.266 e. The summed E-state index contributed by atoms with van der Waals surface area (Å²) in [6.07, 6.45) is 1.44. The fraction of sp³-hybridized carbons (Fsp3) is 0. The number of hydrogen-bond acceptors (Lipinski definition) is 6. The molecule has 0 bridgehead atoms. The Kier molecular flexibility index (Phi) is 5.01. The van der Waals surface area contributed by atoms with Crippen LogP contribution in [0.15, 0.2) is 83.5 Å². The number of nitro groups is 1. The zero-order valence-corrected chi connectivity index (χ0v) is 17.9. The maximum atomic E-state index is 13.4. The molecule has 0 spiro atoms. The van der Waals surface area contributed by atoms with E-state index < -0.39 is 10.8 Å². The molecule has 0 fully saturated rings. The van der Waals surface area contributed by atoms with E-state index in [1.54, 1.807) is 30.3 Å². The van der Waals surface area contributed by atoms with Crippen LogP contribution in [0.25, 0.3) is 16.3 Å². The van der Waals surface area contributed by atoms with Crippen molar-refractivity contribution in [1.29, 1.82) is 0 Å². The molecule has 0 unspecified atom stereocenters. The quantitative estimate of drug-likeness (QED) is 0.222. The molecule has 156 valence electrons. The van der Waals surface area contributed by atoms with Gasteiger partial charge in [-0.2, -0.15) is 0 Å². The summed E-state index contributed by atoms with van der Waals surface area (Å²) >= 11 is 7.43. The van der Waals surface area contributed by atoms with Crippen molar-refractivity contribution >= 4 is 61.8 Å². The first kappa shape index (κ1) is 20.0. The standard InChI is InChI=1S/C23H13ClN4O3S/c24-16-10-11-20-17(13-16)26-23(32-20)27-21(14-6-2-1-3-7-14)25-18(22(27)29)12-15-8-4-5-9-19(15)28(30)31/h1-13H. The molecular formula is C23H13ClN4O3S. The molecule has 32 heavy (non-hydrogen) atoms. The van der Waals surface area contributed by atoms with E-state index in [2.05, 4.69) is 9.98 Å². The summed E-state index contributed by atoms with van der Waals surface area (Å²) in [5.41, 5.74) is 1.70. The Morgan fingerprint density at radius 1 is 1.03 bits per heavy atom. The maximum absolute atomic E-state index is 13.4. The number of amides is 1. The Labute approximate surface area is 191 Å². The number of para-hydroxylation sites is 1. The Morgan fingerprint density at radius 2 is 1.78 bits per heavy atom. The molecule has 0 saturated heterocycles. The number of nitrogens with zero attached hydrogens (tertiary/aromatic N) is 4. The Hall–Kier alpha value is -3.88. The topological polar surface area (TPSA) is 88.7 Å². The van der Waals surface area contributed by atoms with E-state index in [1.807, 2.05) is 36.4 Å². The summed E-state index contributed by atoms with van der Waals surface area (Å²) in [6.45, 7) is 0. The summed E-state index contributed by atoms with van der Waals surface area (Å²) < 4.78 is 0.876. The Bertz CT molecular complexity index is 1450. The molecule has 0 aliphatic carbocycles. The molecule has 1 aliphatic rings. The van der Waals surface area contributed by atoms with Crippen LogP contribution in [0.3, 0.4) is 0 Å². The molecule has 1 amide bonds. The van der Waals surface area contributed by atoms with Gasteiger partial charge in [0.25, 0.3) is 11.6 Å². The van der Waals surface area contributed by atoms with Crippen LogP contribution in [-0.4, -0.2) is 21.7 Å². The van der Waals surface area contributed by atoms with E-state index in [1.165, 1.54) is 28.4 Å². The van der Waals surface area contributed by atoms with Crippen molar-refractivity contribution in [2.75, 3.05) is 4.90 Å². The van der Waals surface area contributed by atoms with E-state index in [0.717, 1.165) is 10.3 Å². The maximum Gasteiger partial charge on any atom is 0.284 e. The van der Waals surface area contributed by atoms with Gasteiger partial charge in [-0.25, -0.2) is 14.9 Å². The highest BCUT2D eigenvalue weighted by atomic mass is 35.5. The van der Waals surface area contributed by atoms with E-state index in [4.69, 9.17) is 11.6 Å². The number of carbonyl (C=O) groups excluding carboxylic acids is 1. The number of hydrogen-bond donors (Lipinski definition) is 0. The van der Waals surface area contributed by atoms with Crippen molar-refractivity contribution in [3.8, 4) is 0 Å². The Balaban J connectivity index is 1.66. The third kappa shape index (κ3) is 3.55. The van der Waals surface area contributed by atoms with Crippen molar-refractivity contribution in [1.82, 2.24) is 4.98 Å². The largest absolute Gasteiger partial charge is 0.284 e. The van der Waals surface area contributed by atoms with Crippen molar-refractivity contribution in [3.05, 3.63) is 105 Å². The number of nitro benzene ring substituents is 1. The van der Waals surface area contributed by atoms with E-state index in [0.29, 0.717) is 27.1 Å². The second kappa shape index (κ2) is 7.99. The number of carbonyl (C=O) groups is 1. The number of halogens is 1.